The Morgan fingerprint density at radius 1 is 1.24 bits per heavy atom. The Labute approximate surface area is 102 Å². The van der Waals surface area contributed by atoms with E-state index in [4.69, 9.17) is 10.5 Å². The standard InChI is InChI=1S/C11H21N5O/c1-8(2)6-5-7-17-11-14-9(12)13-10(15-11)16(3)4/h8H,5-7H2,1-4H3,(H2,12,13,14,15). The number of nitrogens with two attached hydrogens (primary N) is 1. The van der Waals surface area contributed by atoms with Gasteiger partial charge in [-0.05, 0) is 18.8 Å². The summed E-state index contributed by atoms with van der Waals surface area (Å²) in [6, 6.07) is 0.296. The highest BCUT2D eigenvalue weighted by Gasteiger charge is 2.06. The van der Waals surface area contributed by atoms with Gasteiger partial charge in [0, 0.05) is 14.1 Å². The molecule has 0 aliphatic carbocycles. The third-order valence-electron chi connectivity index (χ3n) is 2.18. The van der Waals surface area contributed by atoms with E-state index in [0.29, 0.717) is 24.5 Å². The third kappa shape index (κ3) is 4.84. The molecule has 2 N–H and O–H groups in total. The summed E-state index contributed by atoms with van der Waals surface area (Å²) in [6.45, 7) is 4.98. The number of aromatic nitrogens is 3. The predicted octanol–water partition coefficient (Wildman–Crippen LogP) is 1.33. The Balaban J connectivity index is 2.53. The quantitative estimate of drug-likeness (QED) is 0.755. The van der Waals surface area contributed by atoms with E-state index in [1.807, 2.05) is 14.1 Å². The molecule has 1 rings (SSSR count). The van der Waals surface area contributed by atoms with Gasteiger partial charge in [0.15, 0.2) is 0 Å². The zero-order chi connectivity index (χ0) is 12.8. The SMILES string of the molecule is CC(C)CCCOc1nc(N)nc(N(C)C)n1. The average Bonchev–Trinajstić information content (AvgIpc) is 2.23. The number of hydrogen-bond donors (Lipinski definition) is 1. The van der Waals surface area contributed by atoms with Crippen LogP contribution >= 0.6 is 0 Å². The lowest BCUT2D eigenvalue weighted by Crippen LogP contribution is -2.15. The Morgan fingerprint density at radius 3 is 2.53 bits per heavy atom. The third-order valence-corrected chi connectivity index (χ3v) is 2.18. The maximum atomic E-state index is 5.58. The van der Waals surface area contributed by atoms with E-state index in [0.717, 1.165) is 12.8 Å². The summed E-state index contributed by atoms with van der Waals surface area (Å²) in [7, 11) is 3.69. The molecule has 0 aliphatic rings. The number of hydrogen-bond acceptors (Lipinski definition) is 6. The summed E-state index contributed by atoms with van der Waals surface area (Å²) >= 11 is 0. The van der Waals surface area contributed by atoms with E-state index < -0.39 is 0 Å². The Bertz CT molecular complexity index is 354. The molecule has 6 heteroatoms. The van der Waals surface area contributed by atoms with Crippen molar-refractivity contribution in [2.75, 3.05) is 31.3 Å². The first-order valence-corrected chi connectivity index (χ1v) is 5.80. The summed E-state index contributed by atoms with van der Waals surface area (Å²) in [5.74, 6) is 1.37. The number of nitrogens with zero attached hydrogens (tertiary/aromatic N) is 4. The molecule has 0 aliphatic heterocycles. The van der Waals surface area contributed by atoms with Gasteiger partial charge in [0.2, 0.25) is 11.9 Å². The van der Waals surface area contributed by atoms with Gasteiger partial charge in [-0.1, -0.05) is 13.8 Å². The van der Waals surface area contributed by atoms with Crippen LogP contribution in [0.4, 0.5) is 11.9 Å². The molecule has 0 unspecified atom stereocenters. The van der Waals surface area contributed by atoms with Crippen LogP contribution in [-0.2, 0) is 0 Å². The van der Waals surface area contributed by atoms with Crippen molar-refractivity contribution >= 4 is 11.9 Å². The number of ether oxygens (including phenoxy) is 1. The van der Waals surface area contributed by atoms with Gasteiger partial charge in [-0.2, -0.15) is 15.0 Å². The molecule has 0 radical (unpaired) electrons. The maximum Gasteiger partial charge on any atom is 0.323 e. The van der Waals surface area contributed by atoms with Crippen molar-refractivity contribution in [3.8, 4) is 6.01 Å². The lowest BCUT2D eigenvalue weighted by molar-refractivity contribution is 0.275. The molecule has 0 saturated carbocycles. The number of rotatable bonds is 6. The molecule has 0 atom stereocenters. The van der Waals surface area contributed by atoms with Crippen LogP contribution in [0, 0.1) is 5.92 Å². The van der Waals surface area contributed by atoms with E-state index in [1.165, 1.54) is 0 Å². The lowest BCUT2D eigenvalue weighted by Gasteiger charge is -2.11. The maximum absolute atomic E-state index is 5.58. The molecule has 17 heavy (non-hydrogen) atoms. The van der Waals surface area contributed by atoms with Crippen molar-refractivity contribution in [1.29, 1.82) is 0 Å². The molecule has 0 saturated heterocycles. The van der Waals surface area contributed by atoms with Crippen molar-refractivity contribution < 1.29 is 4.74 Å². The minimum Gasteiger partial charge on any atom is -0.463 e. The van der Waals surface area contributed by atoms with E-state index in [9.17, 15) is 0 Å². The molecule has 0 bridgehead atoms. The summed E-state index contributed by atoms with van der Waals surface area (Å²) in [6.07, 6.45) is 2.11. The minimum atomic E-state index is 0.183. The molecular weight excluding hydrogens is 218 g/mol. The molecule has 0 spiro atoms. The van der Waals surface area contributed by atoms with Crippen molar-refractivity contribution in [2.24, 2.45) is 5.92 Å². The fourth-order valence-electron chi connectivity index (χ4n) is 1.28. The highest BCUT2D eigenvalue weighted by atomic mass is 16.5. The van der Waals surface area contributed by atoms with Crippen molar-refractivity contribution in [3.05, 3.63) is 0 Å². The predicted molar refractivity (Wildman–Crippen MR) is 68.1 cm³/mol. The summed E-state index contributed by atoms with van der Waals surface area (Å²) in [5, 5.41) is 0. The Morgan fingerprint density at radius 2 is 1.94 bits per heavy atom. The highest BCUT2D eigenvalue weighted by molar-refractivity contribution is 5.33. The second kappa shape index (κ2) is 6.22. The summed E-state index contributed by atoms with van der Waals surface area (Å²) in [4.78, 5) is 13.8. The number of nitrogen functional groups attached to an aromatic ring is 1. The van der Waals surface area contributed by atoms with Crippen molar-refractivity contribution in [3.63, 3.8) is 0 Å². The van der Waals surface area contributed by atoms with Crippen LogP contribution in [0.1, 0.15) is 26.7 Å². The molecule has 0 amide bonds. The molecule has 0 aromatic carbocycles. The first-order chi connectivity index (χ1) is 7.99. The average molecular weight is 239 g/mol. The molecule has 6 nitrogen and oxygen atoms in total. The summed E-state index contributed by atoms with van der Waals surface area (Å²) < 4.78 is 5.46. The zero-order valence-corrected chi connectivity index (χ0v) is 11.0. The van der Waals surface area contributed by atoms with Crippen LogP contribution in [0.3, 0.4) is 0 Å². The fourth-order valence-corrected chi connectivity index (χ4v) is 1.28. The van der Waals surface area contributed by atoms with Gasteiger partial charge in [-0.25, -0.2) is 0 Å². The Kier molecular flexibility index (Phi) is 4.93. The fraction of sp³-hybridized carbons (Fsp3) is 0.727. The molecule has 0 fully saturated rings. The van der Waals surface area contributed by atoms with Crippen LogP contribution in [0.15, 0.2) is 0 Å². The van der Waals surface area contributed by atoms with Crippen LogP contribution < -0.4 is 15.4 Å². The van der Waals surface area contributed by atoms with Gasteiger partial charge in [-0.3, -0.25) is 0 Å². The normalized spacial score (nSPS) is 10.6. The van der Waals surface area contributed by atoms with Gasteiger partial charge < -0.3 is 15.4 Å². The van der Waals surface area contributed by atoms with Crippen LogP contribution in [0.25, 0.3) is 0 Å². The second-order valence-corrected chi connectivity index (χ2v) is 4.56. The lowest BCUT2D eigenvalue weighted by atomic mass is 10.1. The minimum absolute atomic E-state index is 0.183. The molecule has 1 heterocycles. The van der Waals surface area contributed by atoms with Crippen LogP contribution in [0.5, 0.6) is 6.01 Å². The zero-order valence-electron chi connectivity index (χ0n) is 11.0. The highest BCUT2D eigenvalue weighted by Crippen LogP contribution is 2.11. The molecular formula is C11H21N5O. The molecule has 1 aromatic rings. The van der Waals surface area contributed by atoms with Crippen molar-refractivity contribution in [2.45, 2.75) is 26.7 Å². The Hall–Kier alpha value is -1.59. The van der Waals surface area contributed by atoms with Gasteiger partial charge in [0.05, 0.1) is 6.61 Å². The first-order valence-electron chi connectivity index (χ1n) is 5.80. The van der Waals surface area contributed by atoms with Gasteiger partial charge in [0.25, 0.3) is 0 Å². The van der Waals surface area contributed by atoms with Crippen LogP contribution in [-0.4, -0.2) is 35.7 Å². The van der Waals surface area contributed by atoms with Crippen molar-refractivity contribution in [1.82, 2.24) is 15.0 Å². The van der Waals surface area contributed by atoms with Crippen LogP contribution in [0.2, 0.25) is 0 Å². The monoisotopic (exact) mass is 239 g/mol. The topological polar surface area (TPSA) is 77.2 Å². The van der Waals surface area contributed by atoms with Gasteiger partial charge in [0.1, 0.15) is 0 Å². The van der Waals surface area contributed by atoms with Gasteiger partial charge >= 0.3 is 6.01 Å². The largest absolute Gasteiger partial charge is 0.463 e. The summed E-state index contributed by atoms with van der Waals surface area (Å²) in [5.41, 5.74) is 5.58. The smallest absolute Gasteiger partial charge is 0.323 e. The van der Waals surface area contributed by atoms with E-state index in [-0.39, 0.29) is 5.95 Å². The molecule has 96 valence electrons. The van der Waals surface area contributed by atoms with Gasteiger partial charge in [-0.15, -0.1) is 0 Å². The van der Waals surface area contributed by atoms with E-state index >= 15 is 0 Å². The number of anilines is 2. The first kappa shape index (κ1) is 13.5. The van der Waals surface area contributed by atoms with E-state index in [1.54, 1.807) is 4.90 Å². The second-order valence-electron chi connectivity index (χ2n) is 4.56. The van der Waals surface area contributed by atoms with E-state index in [2.05, 4.69) is 28.8 Å². The molecule has 1 aromatic heterocycles.